The number of rotatable bonds is 2. The van der Waals surface area contributed by atoms with Crippen molar-refractivity contribution in [3.63, 3.8) is 0 Å². The summed E-state index contributed by atoms with van der Waals surface area (Å²) in [4.78, 5) is 18.0. The van der Waals surface area contributed by atoms with Crippen LogP contribution in [0.25, 0.3) is 0 Å². The summed E-state index contributed by atoms with van der Waals surface area (Å²) < 4.78 is 30.6. The number of carbonyl (C=O) groups is 1. The van der Waals surface area contributed by atoms with Crippen molar-refractivity contribution in [3.8, 4) is 0 Å². The molecule has 0 spiro atoms. The average molecular weight is 340 g/mol. The summed E-state index contributed by atoms with van der Waals surface area (Å²) >= 11 is 0. The Kier molecular flexibility index (Phi) is 4.02. The number of carbonyl (C=O) groups excluding carboxylic acids is 1. The molecule has 3 aliphatic rings. The minimum absolute atomic E-state index is 0.255. The molecular weight excluding hydrogens is 316 g/mol. The van der Waals surface area contributed by atoms with Crippen molar-refractivity contribution in [1.29, 1.82) is 0 Å². The molecule has 128 valence electrons. The maximum absolute atomic E-state index is 12.6. The first kappa shape index (κ1) is 16.5. The number of hydrogen-bond acceptors (Lipinski definition) is 5. The van der Waals surface area contributed by atoms with Crippen LogP contribution in [0.1, 0.15) is 46.5 Å². The first-order valence-corrected chi connectivity index (χ1v) is 9.76. The van der Waals surface area contributed by atoms with Gasteiger partial charge in [0.1, 0.15) is 5.60 Å². The summed E-state index contributed by atoms with van der Waals surface area (Å²) in [6.07, 6.45) is 4.79. The van der Waals surface area contributed by atoms with Crippen LogP contribution in [0, 0.1) is 0 Å². The molecule has 0 aromatic rings. The molecule has 0 radical (unpaired) electrons. The lowest BCUT2D eigenvalue weighted by Gasteiger charge is -2.24. The number of amides is 1. The van der Waals surface area contributed by atoms with E-state index in [9.17, 15) is 13.2 Å². The van der Waals surface area contributed by atoms with Crippen molar-refractivity contribution in [3.05, 3.63) is 11.6 Å². The maximum Gasteiger partial charge on any atom is 0.410 e. The van der Waals surface area contributed by atoms with Crippen LogP contribution >= 0.6 is 0 Å². The highest BCUT2D eigenvalue weighted by Crippen LogP contribution is 2.32. The van der Waals surface area contributed by atoms with Gasteiger partial charge in [-0.25, -0.2) is 13.2 Å². The van der Waals surface area contributed by atoms with E-state index in [1.807, 2.05) is 20.8 Å². The van der Waals surface area contributed by atoms with Gasteiger partial charge in [-0.15, -0.1) is 0 Å². The summed E-state index contributed by atoms with van der Waals surface area (Å²) in [5.74, 6) is 0. The molecule has 1 saturated heterocycles. The van der Waals surface area contributed by atoms with Gasteiger partial charge >= 0.3 is 6.09 Å². The van der Waals surface area contributed by atoms with Gasteiger partial charge in [0.15, 0.2) is 15.2 Å². The predicted octanol–water partition coefficient (Wildman–Crippen LogP) is 2.30. The Morgan fingerprint density at radius 1 is 1.26 bits per heavy atom. The van der Waals surface area contributed by atoms with Gasteiger partial charge in [0.25, 0.3) is 0 Å². The average Bonchev–Trinajstić information content (AvgIpc) is 3.12. The van der Waals surface area contributed by atoms with Crippen LogP contribution in [0.5, 0.6) is 0 Å². The molecule has 1 amide bonds. The number of fused-ring (bicyclic) bond motifs is 1. The van der Waals surface area contributed by atoms with Gasteiger partial charge in [-0.2, -0.15) is 0 Å². The second-order valence-electron chi connectivity index (χ2n) is 7.49. The Morgan fingerprint density at radius 2 is 1.91 bits per heavy atom. The molecule has 1 unspecified atom stereocenters. The fourth-order valence-electron chi connectivity index (χ4n) is 3.31. The first-order valence-electron chi connectivity index (χ1n) is 8.15. The van der Waals surface area contributed by atoms with Gasteiger partial charge in [-0.05, 0) is 45.3 Å². The van der Waals surface area contributed by atoms with Crippen LogP contribution in [-0.2, 0) is 14.6 Å². The Labute approximate surface area is 137 Å². The van der Waals surface area contributed by atoms with Crippen molar-refractivity contribution in [2.24, 2.45) is 4.99 Å². The van der Waals surface area contributed by atoms with E-state index in [1.165, 1.54) is 0 Å². The van der Waals surface area contributed by atoms with E-state index in [4.69, 9.17) is 4.74 Å². The molecule has 1 atom stereocenters. The molecule has 1 aliphatic carbocycles. The number of likely N-dealkylation sites (tertiary alicyclic amines) is 1. The molecule has 0 N–H and O–H groups in total. The molecular formula is C16H24N2O4S. The predicted molar refractivity (Wildman–Crippen MR) is 88.3 cm³/mol. The van der Waals surface area contributed by atoms with Crippen LogP contribution in [0.2, 0.25) is 0 Å². The lowest BCUT2D eigenvalue weighted by Crippen LogP contribution is -2.36. The number of nitrogens with zero attached hydrogens (tertiary/aromatic N) is 2. The third kappa shape index (κ3) is 3.29. The normalized spacial score (nSPS) is 25.3. The topological polar surface area (TPSA) is 76.0 Å². The minimum Gasteiger partial charge on any atom is -0.444 e. The Bertz CT molecular complexity index is 645. The van der Waals surface area contributed by atoms with E-state index < -0.39 is 20.8 Å². The fraction of sp³-hybridized carbons (Fsp3) is 0.750. The number of aliphatic imine (C=N–C) groups is 1. The van der Waals surface area contributed by atoms with Gasteiger partial charge in [0, 0.05) is 0 Å². The highest BCUT2D eigenvalue weighted by Gasteiger charge is 2.40. The molecule has 1 saturated carbocycles. The first-order chi connectivity index (χ1) is 10.7. The smallest absolute Gasteiger partial charge is 0.410 e. The SMILES string of the molecule is CC(C)(C)OC(=O)N1CC2=CC(S(=O)(=O)C3CCCC3)N=C2C1. The number of hydrogen-bond donors (Lipinski definition) is 0. The third-order valence-corrected chi connectivity index (χ3v) is 6.77. The number of sulfone groups is 1. The Morgan fingerprint density at radius 3 is 2.48 bits per heavy atom. The second-order valence-corrected chi connectivity index (χ2v) is 9.82. The molecule has 2 heterocycles. The zero-order chi connectivity index (χ0) is 16.8. The van der Waals surface area contributed by atoms with Crippen molar-refractivity contribution in [1.82, 2.24) is 4.90 Å². The van der Waals surface area contributed by atoms with Crippen molar-refractivity contribution >= 4 is 21.6 Å². The van der Waals surface area contributed by atoms with Crippen LogP contribution in [0.3, 0.4) is 0 Å². The summed E-state index contributed by atoms with van der Waals surface area (Å²) in [7, 11) is -3.25. The molecule has 23 heavy (non-hydrogen) atoms. The summed E-state index contributed by atoms with van der Waals surface area (Å²) in [6.45, 7) is 6.18. The Hall–Kier alpha value is -1.37. The van der Waals surface area contributed by atoms with Crippen LogP contribution in [0.15, 0.2) is 16.6 Å². The lowest BCUT2D eigenvalue weighted by atomic mass is 10.2. The van der Waals surface area contributed by atoms with Crippen LogP contribution in [-0.4, -0.2) is 54.4 Å². The zero-order valence-electron chi connectivity index (χ0n) is 13.9. The molecule has 3 rings (SSSR count). The van der Waals surface area contributed by atoms with Gasteiger partial charge in [0.05, 0.1) is 24.1 Å². The van der Waals surface area contributed by atoms with Gasteiger partial charge in [-0.1, -0.05) is 12.8 Å². The number of ether oxygens (including phenoxy) is 1. The van der Waals surface area contributed by atoms with Gasteiger partial charge in [-0.3, -0.25) is 9.89 Å². The van der Waals surface area contributed by atoms with Gasteiger partial charge < -0.3 is 4.74 Å². The van der Waals surface area contributed by atoms with Gasteiger partial charge in [0.2, 0.25) is 0 Å². The van der Waals surface area contributed by atoms with E-state index in [2.05, 4.69) is 4.99 Å². The van der Waals surface area contributed by atoms with E-state index in [-0.39, 0.29) is 11.3 Å². The van der Waals surface area contributed by atoms with E-state index in [0.29, 0.717) is 18.8 Å². The lowest BCUT2D eigenvalue weighted by molar-refractivity contribution is 0.0309. The van der Waals surface area contributed by atoms with Crippen molar-refractivity contribution in [2.45, 2.75) is 62.7 Å². The fourth-order valence-corrected chi connectivity index (χ4v) is 5.32. The van der Waals surface area contributed by atoms with Crippen LogP contribution in [0.4, 0.5) is 4.79 Å². The highest BCUT2D eigenvalue weighted by atomic mass is 32.2. The summed E-state index contributed by atoms with van der Waals surface area (Å²) in [6, 6.07) is 0. The minimum atomic E-state index is -3.25. The molecule has 2 aliphatic heterocycles. The van der Waals surface area contributed by atoms with Crippen molar-refractivity contribution < 1.29 is 17.9 Å². The van der Waals surface area contributed by atoms with E-state index in [1.54, 1.807) is 11.0 Å². The summed E-state index contributed by atoms with van der Waals surface area (Å²) in [5, 5.41) is -1.01. The molecule has 0 aromatic carbocycles. The second kappa shape index (κ2) is 5.61. The molecule has 6 nitrogen and oxygen atoms in total. The van der Waals surface area contributed by atoms with Crippen molar-refractivity contribution in [2.75, 3.05) is 13.1 Å². The van der Waals surface area contributed by atoms with E-state index in [0.717, 1.165) is 31.3 Å². The monoisotopic (exact) mass is 340 g/mol. The largest absolute Gasteiger partial charge is 0.444 e. The van der Waals surface area contributed by atoms with Crippen LogP contribution < -0.4 is 0 Å². The standard InChI is InChI=1S/C16H24N2O4S/c1-16(2,3)22-15(19)18-9-11-8-14(17-13(11)10-18)23(20,21)12-6-4-5-7-12/h8,12,14H,4-7,9-10H2,1-3H3. The molecule has 2 fully saturated rings. The van der Waals surface area contributed by atoms with E-state index >= 15 is 0 Å². The highest BCUT2D eigenvalue weighted by molar-refractivity contribution is 7.92. The zero-order valence-corrected chi connectivity index (χ0v) is 14.7. The summed E-state index contributed by atoms with van der Waals surface area (Å²) in [5.41, 5.74) is 1.02. The molecule has 0 aromatic heterocycles. The third-order valence-electron chi connectivity index (χ3n) is 4.45. The molecule has 0 bridgehead atoms. The molecule has 7 heteroatoms. The quantitative estimate of drug-likeness (QED) is 0.773. The maximum atomic E-state index is 12.6. The Balaban J connectivity index is 1.68.